The molecule has 0 fully saturated rings. The van der Waals surface area contributed by atoms with E-state index in [0.29, 0.717) is 18.3 Å². The number of benzene rings is 1. The van der Waals surface area contributed by atoms with E-state index >= 15 is 0 Å². The fourth-order valence-electron chi connectivity index (χ4n) is 2.73. The van der Waals surface area contributed by atoms with Crippen LogP contribution in [0.2, 0.25) is 0 Å². The third-order valence-electron chi connectivity index (χ3n) is 4.20. The minimum atomic E-state index is -0.116. The predicted octanol–water partition coefficient (Wildman–Crippen LogP) is 3.18. The number of anilines is 1. The second-order valence-corrected chi connectivity index (χ2v) is 7.02. The second-order valence-electron chi connectivity index (χ2n) is 7.02. The van der Waals surface area contributed by atoms with Gasteiger partial charge in [-0.05, 0) is 58.6 Å². The molecule has 5 heteroatoms. The molecule has 26 heavy (non-hydrogen) atoms. The summed E-state index contributed by atoms with van der Waals surface area (Å²) in [6, 6.07) is 14.5. The number of hydrogen-bond acceptors (Lipinski definition) is 4. The summed E-state index contributed by atoms with van der Waals surface area (Å²) in [5.41, 5.74) is 2.74. The van der Waals surface area contributed by atoms with E-state index in [1.165, 1.54) is 5.56 Å². The summed E-state index contributed by atoms with van der Waals surface area (Å²) in [7, 11) is 4.05. The van der Waals surface area contributed by atoms with E-state index in [1.807, 2.05) is 26.2 Å². The summed E-state index contributed by atoms with van der Waals surface area (Å²) in [6.07, 6.45) is 2.71. The lowest BCUT2D eigenvalue weighted by Gasteiger charge is -2.29. The largest absolute Gasteiger partial charge is 0.364 e. The number of carbonyl (C=O) groups is 1. The molecule has 0 saturated heterocycles. The topological polar surface area (TPSA) is 48.5 Å². The molecule has 5 nitrogen and oxygen atoms in total. The van der Waals surface area contributed by atoms with Gasteiger partial charge in [-0.1, -0.05) is 30.3 Å². The van der Waals surface area contributed by atoms with Gasteiger partial charge in [-0.3, -0.25) is 4.79 Å². The van der Waals surface area contributed by atoms with Crippen LogP contribution in [0.5, 0.6) is 0 Å². The smallest absolute Gasteiger partial charge is 0.269 e. The van der Waals surface area contributed by atoms with E-state index in [4.69, 9.17) is 0 Å². The zero-order chi connectivity index (χ0) is 18.9. The van der Waals surface area contributed by atoms with Crippen molar-refractivity contribution >= 4 is 11.6 Å². The lowest BCUT2D eigenvalue weighted by molar-refractivity contribution is 0.0947. The molecule has 0 aliphatic rings. The second kappa shape index (κ2) is 9.92. The number of nitrogens with zero attached hydrogens (tertiary/aromatic N) is 3. The fraction of sp³-hybridized carbons (Fsp3) is 0.429. The summed E-state index contributed by atoms with van der Waals surface area (Å²) in [5, 5.41) is 2.92. The van der Waals surface area contributed by atoms with Crippen LogP contribution >= 0.6 is 0 Å². The van der Waals surface area contributed by atoms with Crippen LogP contribution in [0.25, 0.3) is 0 Å². The molecule has 0 unspecified atom stereocenters. The molecule has 0 aliphatic carbocycles. The molecule has 2 rings (SSSR count). The predicted molar refractivity (Wildman–Crippen MR) is 108 cm³/mol. The van der Waals surface area contributed by atoms with Crippen LogP contribution in [-0.4, -0.2) is 49.0 Å². The van der Waals surface area contributed by atoms with E-state index in [9.17, 15) is 4.79 Å². The Bertz CT molecular complexity index is 668. The third kappa shape index (κ3) is 6.15. The minimum Gasteiger partial charge on any atom is -0.364 e. The lowest BCUT2D eigenvalue weighted by atomic mass is 10.1. The highest BCUT2D eigenvalue weighted by molar-refractivity contribution is 5.92. The van der Waals surface area contributed by atoms with Gasteiger partial charge in [-0.2, -0.15) is 0 Å². The van der Waals surface area contributed by atoms with Crippen molar-refractivity contribution < 1.29 is 4.79 Å². The van der Waals surface area contributed by atoms with Gasteiger partial charge in [0.1, 0.15) is 5.69 Å². The van der Waals surface area contributed by atoms with E-state index in [1.54, 1.807) is 12.3 Å². The maximum Gasteiger partial charge on any atom is 0.269 e. The summed E-state index contributed by atoms with van der Waals surface area (Å²) in [6.45, 7) is 6.75. The van der Waals surface area contributed by atoms with Crippen LogP contribution in [0, 0.1) is 0 Å². The van der Waals surface area contributed by atoms with Crippen LogP contribution in [0.1, 0.15) is 36.3 Å². The van der Waals surface area contributed by atoms with Crippen molar-refractivity contribution in [1.29, 1.82) is 0 Å². The maximum absolute atomic E-state index is 12.2. The monoisotopic (exact) mass is 354 g/mol. The highest BCUT2D eigenvalue weighted by atomic mass is 16.1. The fourth-order valence-corrected chi connectivity index (χ4v) is 2.73. The number of carbonyl (C=O) groups excluding carboxylic acids is 1. The van der Waals surface area contributed by atoms with Crippen molar-refractivity contribution in [3.63, 3.8) is 0 Å². The van der Waals surface area contributed by atoms with Crippen molar-refractivity contribution in [3.8, 4) is 0 Å². The molecule has 140 valence electrons. The molecule has 1 heterocycles. The van der Waals surface area contributed by atoms with E-state index in [2.05, 4.69) is 58.2 Å². The van der Waals surface area contributed by atoms with Gasteiger partial charge in [0, 0.05) is 19.1 Å². The van der Waals surface area contributed by atoms with Gasteiger partial charge in [0.2, 0.25) is 0 Å². The standard InChI is InChI=1S/C21H30N4O/c1-17(2)25(16-18-9-6-5-7-10-18)19-11-12-20(23-15-19)21(26)22-13-8-14-24(3)4/h5-7,9-12,15,17H,8,13-14,16H2,1-4H3,(H,22,26). The highest BCUT2D eigenvalue weighted by Crippen LogP contribution is 2.19. The number of pyridine rings is 1. The average molecular weight is 354 g/mol. The third-order valence-corrected chi connectivity index (χ3v) is 4.20. The van der Waals surface area contributed by atoms with Crippen molar-refractivity contribution in [2.75, 3.05) is 32.1 Å². The van der Waals surface area contributed by atoms with Crippen LogP contribution in [0.4, 0.5) is 5.69 Å². The Morgan fingerprint density at radius 2 is 1.85 bits per heavy atom. The number of rotatable bonds is 9. The molecule has 1 amide bonds. The average Bonchev–Trinajstić information content (AvgIpc) is 2.64. The van der Waals surface area contributed by atoms with Crippen LogP contribution in [0.3, 0.4) is 0 Å². The van der Waals surface area contributed by atoms with Gasteiger partial charge >= 0.3 is 0 Å². The normalized spacial score (nSPS) is 11.0. The Balaban J connectivity index is 1.98. The molecule has 0 spiro atoms. The van der Waals surface area contributed by atoms with Crippen molar-refractivity contribution in [1.82, 2.24) is 15.2 Å². The number of amides is 1. The van der Waals surface area contributed by atoms with Gasteiger partial charge in [0.25, 0.3) is 5.91 Å². The summed E-state index contributed by atoms with van der Waals surface area (Å²) in [5.74, 6) is -0.116. The van der Waals surface area contributed by atoms with Crippen LogP contribution < -0.4 is 10.2 Å². The first-order chi connectivity index (χ1) is 12.5. The highest BCUT2D eigenvalue weighted by Gasteiger charge is 2.13. The zero-order valence-corrected chi connectivity index (χ0v) is 16.3. The zero-order valence-electron chi connectivity index (χ0n) is 16.3. The number of hydrogen-bond donors (Lipinski definition) is 1. The molecule has 0 atom stereocenters. The summed E-state index contributed by atoms with van der Waals surface area (Å²) in [4.78, 5) is 21.0. The Morgan fingerprint density at radius 3 is 2.42 bits per heavy atom. The molecule has 0 bridgehead atoms. The van der Waals surface area contributed by atoms with Gasteiger partial charge in [-0.15, -0.1) is 0 Å². The first-order valence-electron chi connectivity index (χ1n) is 9.17. The summed E-state index contributed by atoms with van der Waals surface area (Å²) >= 11 is 0. The maximum atomic E-state index is 12.2. The first-order valence-corrected chi connectivity index (χ1v) is 9.17. The number of nitrogens with one attached hydrogen (secondary N) is 1. The van der Waals surface area contributed by atoms with Crippen molar-refractivity contribution in [2.45, 2.75) is 32.9 Å². The van der Waals surface area contributed by atoms with Crippen molar-refractivity contribution in [3.05, 3.63) is 59.9 Å². The van der Waals surface area contributed by atoms with E-state index in [0.717, 1.165) is 25.2 Å². The molecule has 2 aromatic rings. The van der Waals surface area contributed by atoms with Crippen LogP contribution in [-0.2, 0) is 6.54 Å². The molecule has 0 aliphatic heterocycles. The molecule has 0 saturated carbocycles. The molecule has 0 radical (unpaired) electrons. The van der Waals surface area contributed by atoms with Crippen molar-refractivity contribution in [2.24, 2.45) is 0 Å². The van der Waals surface area contributed by atoms with Gasteiger partial charge in [-0.25, -0.2) is 4.98 Å². The molecule has 1 N–H and O–H groups in total. The minimum absolute atomic E-state index is 0.116. The van der Waals surface area contributed by atoms with Gasteiger partial charge < -0.3 is 15.1 Å². The lowest BCUT2D eigenvalue weighted by Crippen LogP contribution is -2.31. The van der Waals surface area contributed by atoms with Gasteiger partial charge in [0.15, 0.2) is 0 Å². The quantitative estimate of drug-likeness (QED) is 0.703. The van der Waals surface area contributed by atoms with Gasteiger partial charge in [0.05, 0.1) is 11.9 Å². The van der Waals surface area contributed by atoms with E-state index < -0.39 is 0 Å². The molecular weight excluding hydrogens is 324 g/mol. The van der Waals surface area contributed by atoms with E-state index in [-0.39, 0.29) is 5.91 Å². The number of aromatic nitrogens is 1. The first kappa shape index (κ1) is 19.9. The SMILES string of the molecule is CC(C)N(Cc1ccccc1)c1ccc(C(=O)NCCCN(C)C)nc1. The Hall–Kier alpha value is -2.40. The Kier molecular flexibility index (Phi) is 7.60. The molecule has 1 aromatic carbocycles. The molecular formula is C21H30N4O. The van der Waals surface area contributed by atoms with Crippen LogP contribution in [0.15, 0.2) is 48.7 Å². The Labute approximate surface area is 157 Å². The molecule has 1 aromatic heterocycles. The summed E-state index contributed by atoms with van der Waals surface area (Å²) < 4.78 is 0. The Morgan fingerprint density at radius 1 is 1.12 bits per heavy atom.